The van der Waals surface area contributed by atoms with Crippen molar-refractivity contribution in [3.63, 3.8) is 0 Å². The van der Waals surface area contributed by atoms with Crippen LogP contribution in [-0.4, -0.2) is 51.8 Å². The first-order valence-electron chi connectivity index (χ1n) is 9.89. The van der Waals surface area contributed by atoms with Crippen molar-refractivity contribution >= 4 is 5.78 Å². The second kappa shape index (κ2) is 9.03. The predicted octanol–water partition coefficient (Wildman–Crippen LogP) is 2.63. The summed E-state index contributed by atoms with van der Waals surface area (Å²) < 4.78 is 5.76. The highest BCUT2D eigenvalue weighted by atomic mass is 16.5. The SMILES string of the molecule is O=C(Cc1ccn[nH]1)c1cccc(OCC(O)CN2CCc3ccccc3C2)c1. The number of aromatic amines is 1. The lowest BCUT2D eigenvalue weighted by Crippen LogP contribution is -2.38. The highest BCUT2D eigenvalue weighted by Gasteiger charge is 2.19. The Balaban J connectivity index is 1.28. The number of H-pyrrole nitrogens is 1. The van der Waals surface area contributed by atoms with Crippen molar-refractivity contribution in [1.29, 1.82) is 0 Å². The van der Waals surface area contributed by atoms with E-state index in [9.17, 15) is 9.90 Å². The fourth-order valence-electron chi connectivity index (χ4n) is 3.67. The minimum Gasteiger partial charge on any atom is -0.491 e. The van der Waals surface area contributed by atoms with Crippen molar-refractivity contribution in [2.24, 2.45) is 0 Å². The van der Waals surface area contributed by atoms with Gasteiger partial charge in [-0.15, -0.1) is 0 Å². The van der Waals surface area contributed by atoms with Crippen LogP contribution in [0.25, 0.3) is 0 Å². The van der Waals surface area contributed by atoms with Crippen molar-refractivity contribution in [1.82, 2.24) is 15.1 Å². The molecule has 2 heterocycles. The van der Waals surface area contributed by atoms with E-state index in [2.05, 4.69) is 39.4 Å². The van der Waals surface area contributed by atoms with E-state index in [-0.39, 0.29) is 18.8 Å². The van der Waals surface area contributed by atoms with E-state index in [1.165, 1.54) is 11.1 Å². The molecule has 1 atom stereocenters. The Morgan fingerprint density at radius 2 is 2.03 bits per heavy atom. The van der Waals surface area contributed by atoms with Crippen molar-refractivity contribution < 1.29 is 14.6 Å². The molecule has 2 N–H and O–H groups in total. The number of fused-ring (bicyclic) bond motifs is 1. The van der Waals surface area contributed by atoms with Gasteiger partial charge in [-0.25, -0.2) is 0 Å². The van der Waals surface area contributed by atoms with Crippen LogP contribution in [0.5, 0.6) is 5.75 Å². The molecule has 0 radical (unpaired) electrons. The Labute approximate surface area is 170 Å². The van der Waals surface area contributed by atoms with Crippen LogP contribution in [-0.2, 0) is 19.4 Å². The van der Waals surface area contributed by atoms with Gasteiger partial charge >= 0.3 is 0 Å². The first-order valence-corrected chi connectivity index (χ1v) is 9.89. The molecule has 6 nitrogen and oxygen atoms in total. The second-order valence-corrected chi connectivity index (χ2v) is 7.43. The van der Waals surface area contributed by atoms with Gasteiger partial charge in [0.05, 0.1) is 6.42 Å². The lowest BCUT2D eigenvalue weighted by atomic mass is 10.00. The zero-order chi connectivity index (χ0) is 20.1. The van der Waals surface area contributed by atoms with Gasteiger partial charge in [0.25, 0.3) is 0 Å². The molecule has 1 aliphatic rings. The molecule has 0 aliphatic carbocycles. The summed E-state index contributed by atoms with van der Waals surface area (Å²) in [4.78, 5) is 14.7. The minimum absolute atomic E-state index is 0.00719. The first-order chi connectivity index (χ1) is 14.2. The number of carbonyl (C=O) groups excluding carboxylic acids is 1. The van der Waals surface area contributed by atoms with E-state index in [4.69, 9.17) is 4.74 Å². The molecule has 0 spiro atoms. The van der Waals surface area contributed by atoms with E-state index in [0.29, 0.717) is 17.9 Å². The summed E-state index contributed by atoms with van der Waals surface area (Å²) in [5.41, 5.74) is 4.08. The zero-order valence-corrected chi connectivity index (χ0v) is 16.3. The molecule has 0 saturated heterocycles. The maximum Gasteiger partial charge on any atom is 0.168 e. The molecular weight excluding hydrogens is 366 g/mol. The number of nitrogens with zero attached hydrogens (tertiary/aromatic N) is 2. The number of β-amino-alcohol motifs (C(OH)–C–C–N with tert-alkyl or cyclic N) is 1. The van der Waals surface area contributed by atoms with E-state index in [1.54, 1.807) is 36.5 Å². The number of ether oxygens (including phenoxy) is 1. The van der Waals surface area contributed by atoms with Crippen LogP contribution in [0.2, 0.25) is 0 Å². The molecule has 1 aliphatic heterocycles. The summed E-state index contributed by atoms with van der Waals surface area (Å²) in [7, 11) is 0. The quantitative estimate of drug-likeness (QED) is 0.577. The van der Waals surface area contributed by atoms with Crippen LogP contribution >= 0.6 is 0 Å². The van der Waals surface area contributed by atoms with E-state index in [1.807, 2.05) is 0 Å². The van der Waals surface area contributed by atoms with Crippen molar-refractivity contribution in [2.45, 2.75) is 25.5 Å². The number of aliphatic hydroxyl groups is 1. The maximum atomic E-state index is 12.4. The average Bonchev–Trinajstić information content (AvgIpc) is 3.25. The molecule has 6 heteroatoms. The summed E-state index contributed by atoms with van der Waals surface area (Å²) >= 11 is 0. The summed E-state index contributed by atoms with van der Waals surface area (Å²) in [6.45, 7) is 2.54. The van der Waals surface area contributed by atoms with E-state index < -0.39 is 6.10 Å². The largest absolute Gasteiger partial charge is 0.491 e. The van der Waals surface area contributed by atoms with Crippen LogP contribution in [0.4, 0.5) is 0 Å². The summed E-state index contributed by atoms with van der Waals surface area (Å²) in [6, 6.07) is 17.3. The maximum absolute atomic E-state index is 12.4. The number of carbonyl (C=O) groups is 1. The van der Waals surface area contributed by atoms with Crippen LogP contribution in [0, 0.1) is 0 Å². The molecule has 0 fully saturated rings. The van der Waals surface area contributed by atoms with Crippen LogP contribution in [0.1, 0.15) is 27.2 Å². The third-order valence-electron chi connectivity index (χ3n) is 5.19. The Kier molecular flexibility index (Phi) is 6.03. The number of hydrogen-bond donors (Lipinski definition) is 2. The highest BCUT2D eigenvalue weighted by Crippen LogP contribution is 2.19. The number of aliphatic hydroxyl groups excluding tert-OH is 1. The smallest absolute Gasteiger partial charge is 0.168 e. The van der Waals surface area contributed by atoms with Crippen LogP contribution in [0.15, 0.2) is 60.8 Å². The van der Waals surface area contributed by atoms with Gasteiger partial charge in [0.15, 0.2) is 5.78 Å². The second-order valence-electron chi connectivity index (χ2n) is 7.43. The van der Waals surface area contributed by atoms with Crippen molar-refractivity contribution in [2.75, 3.05) is 19.7 Å². The summed E-state index contributed by atoms with van der Waals surface area (Å²) in [5.74, 6) is 0.579. The van der Waals surface area contributed by atoms with Crippen molar-refractivity contribution in [3.8, 4) is 5.75 Å². The summed E-state index contributed by atoms with van der Waals surface area (Å²) in [5, 5.41) is 17.1. The number of aromatic nitrogens is 2. The van der Waals surface area contributed by atoms with Crippen molar-refractivity contribution in [3.05, 3.63) is 83.2 Å². The number of benzene rings is 2. The number of hydrogen-bond acceptors (Lipinski definition) is 5. The zero-order valence-electron chi connectivity index (χ0n) is 16.3. The number of Topliss-reactive ketones (excluding diaryl/α,β-unsaturated/α-hetero) is 1. The molecule has 0 bridgehead atoms. The van der Waals surface area contributed by atoms with E-state index in [0.717, 1.165) is 25.2 Å². The fourth-order valence-corrected chi connectivity index (χ4v) is 3.67. The molecule has 1 aromatic heterocycles. The molecule has 150 valence electrons. The predicted molar refractivity (Wildman–Crippen MR) is 110 cm³/mol. The van der Waals surface area contributed by atoms with Gasteiger partial charge in [-0.05, 0) is 35.7 Å². The minimum atomic E-state index is -0.593. The lowest BCUT2D eigenvalue weighted by molar-refractivity contribution is 0.0637. The molecule has 0 saturated carbocycles. The molecule has 2 aromatic carbocycles. The first kappa shape index (κ1) is 19.4. The number of nitrogens with one attached hydrogen (secondary N) is 1. The Morgan fingerprint density at radius 1 is 1.17 bits per heavy atom. The Morgan fingerprint density at radius 3 is 2.86 bits per heavy atom. The highest BCUT2D eigenvalue weighted by molar-refractivity contribution is 5.97. The fraction of sp³-hybridized carbons (Fsp3) is 0.304. The number of ketones is 1. The monoisotopic (exact) mass is 391 g/mol. The molecule has 3 aromatic rings. The number of rotatable bonds is 8. The van der Waals surface area contributed by atoms with Crippen LogP contribution in [0.3, 0.4) is 0 Å². The van der Waals surface area contributed by atoms with Gasteiger partial charge in [-0.3, -0.25) is 14.8 Å². The Hall–Kier alpha value is -2.96. The molecule has 0 amide bonds. The average molecular weight is 391 g/mol. The van der Waals surface area contributed by atoms with E-state index >= 15 is 0 Å². The lowest BCUT2D eigenvalue weighted by Gasteiger charge is -2.30. The molecular formula is C23H25N3O3. The third kappa shape index (κ3) is 5.10. The normalized spacial score (nSPS) is 14.9. The summed E-state index contributed by atoms with van der Waals surface area (Å²) in [6.07, 6.45) is 2.31. The molecule has 1 unspecified atom stereocenters. The van der Waals surface area contributed by atoms with Gasteiger partial charge in [0.1, 0.15) is 18.5 Å². The van der Waals surface area contributed by atoms with Crippen LogP contribution < -0.4 is 4.74 Å². The van der Waals surface area contributed by atoms with Gasteiger partial charge in [0, 0.05) is 37.1 Å². The Bertz CT molecular complexity index is 956. The molecule has 4 rings (SSSR count). The standard InChI is InChI=1S/C23H25N3O3/c27-21(15-26-11-9-17-4-1-2-5-19(17)14-26)16-29-22-7-3-6-18(12-22)23(28)13-20-8-10-24-25-20/h1-8,10,12,21,27H,9,11,13-16H2,(H,24,25). The molecule has 29 heavy (non-hydrogen) atoms. The van der Waals surface area contributed by atoms with Gasteiger partial charge < -0.3 is 9.84 Å². The third-order valence-corrected chi connectivity index (χ3v) is 5.19. The van der Waals surface area contributed by atoms with Gasteiger partial charge in [0.2, 0.25) is 0 Å². The topological polar surface area (TPSA) is 78.5 Å². The van der Waals surface area contributed by atoms with Gasteiger partial charge in [-0.1, -0.05) is 36.4 Å². The van der Waals surface area contributed by atoms with Gasteiger partial charge in [-0.2, -0.15) is 5.10 Å².